The number of amides is 1. The lowest BCUT2D eigenvalue weighted by Crippen LogP contribution is -2.45. The van der Waals surface area contributed by atoms with E-state index >= 15 is 0 Å². The van der Waals surface area contributed by atoms with E-state index in [1.807, 2.05) is 30.5 Å². The molecule has 118 valence electrons. The molecule has 5 heteroatoms. The monoisotopic (exact) mass is 309 g/mol. The summed E-state index contributed by atoms with van der Waals surface area (Å²) in [7, 11) is 1.66. The zero-order valence-corrected chi connectivity index (χ0v) is 13.0. The molecule has 23 heavy (non-hydrogen) atoms. The Labute approximate surface area is 135 Å². The van der Waals surface area contributed by atoms with Crippen molar-refractivity contribution in [3.63, 3.8) is 0 Å². The second kappa shape index (κ2) is 5.57. The van der Waals surface area contributed by atoms with Crippen molar-refractivity contribution >= 4 is 11.6 Å². The number of methoxy groups -OCH3 is 1. The topological polar surface area (TPSA) is 63.2 Å². The molecule has 0 unspecified atom stereocenters. The van der Waals surface area contributed by atoms with Gasteiger partial charge in [-0.15, -0.1) is 0 Å². The van der Waals surface area contributed by atoms with Crippen molar-refractivity contribution in [2.45, 2.75) is 24.9 Å². The molecule has 0 aliphatic carbocycles. The predicted molar refractivity (Wildman–Crippen MR) is 87.2 cm³/mol. The van der Waals surface area contributed by atoms with Gasteiger partial charge in [-0.3, -0.25) is 9.78 Å². The van der Waals surface area contributed by atoms with E-state index in [1.54, 1.807) is 13.3 Å². The Morgan fingerprint density at radius 1 is 1.22 bits per heavy atom. The van der Waals surface area contributed by atoms with Gasteiger partial charge in [0.15, 0.2) is 0 Å². The van der Waals surface area contributed by atoms with Crippen LogP contribution in [0.15, 0.2) is 42.7 Å². The fraction of sp³-hybridized carbons (Fsp3) is 0.333. The zero-order valence-electron chi connectivity index (χ0n) is 13.0. The van der Waals surface area contributed by atoms with E-state index in [0.29, 0.717) is 12.3 Å². The number of anilines is 1. The second-order valence-electron chi connectivity index (χ2n) is 6.11. The SMILES string of the molecule is COc1ccc2c(c1)[C@H]1NC(=O)CC[C@H]1[C@@H](c1cccnc1)N2. The van der Waals surface area contributed by atoms with Crippen LogP contribution in [0.1, 0.15) is 36.1 Å². The summed E-state index contributed by atoms with van der Waals surface area (Å²) in [5.74, 6) is 1.23. The molecule has 1 fully saturated rings. The van der Waals surface area contributed by atoms with E-state index < -0.39 is 0 Å². The zero-order chi connectivity index (χ0) is 15.8. The van der Waals surface area contributed by atoms with Crippen molar-refractivity contribution in [2.24, 2.45) is 5.92 Å². The number of nitrogens with one attached hydrogen (secondary N) is 2. The fourth-order valence-corrected chi connectivity index (χ4v) is 3.71. The van der Waals surface area contributed by atoms with Gasteiger partial charge in [0.2, 0.25) is 5.91 Å². The quantitative estimate of drug-likeness (QED) is 0.895. The molecule has 1 amide bonds. The van der Waals surface area contributed by atoms with E-state index in [-0.39, 0.29) is 18.0 Å². The summed E-state index contributed by atoms with van der Waals surface area (Å²) in [5.41, 5.74) is 3.30. The average molecular weight is 309 g/mol. The Balaban J connectivity index is 1.79. The van der Waals surface area contributed by atoms with Crippen LogP contribution < -0.4 is 15.4 Å². The largest absolute Gasteiger partial charge is 0.497 e. The third-order valence-electron chi connectivity index (χ3n) is 4.83. The molecular weight excluding hydrogens is 290 g/mol. The molecule has 1 saturated heterocycles. The number of carbonyl (C=O) groups is 1. The van der Waals surface area contributed by atoms with Gasteiger partial charge in [-0.05, 0) is 36.2 Å². The Kier molecular flexibility index (Phi) is 3.41. The van der Waals surface area contributed by atoms with Gasteiger partial charge in [-0.1, -0.05) is 6.07 Å². The summed E-state index contributed by atoms with van der Waals surface area (Å²) in [5, 5.41) is 6.80. The number of pyridine rings is 1. The summed E-state index contributed by atoms with van der Waals surface area (Å²) in [6.07, 6.45) is 5.11. The van der Waals surface area contributed by atoms with Crippen molar-refractivity contribution in [3.8, 4) is 5.75 Å². The molecule has 1 aromatic carbocycles. The Hall–Kier alpha value is -2.56. The molecule has 0 bridgehead atoms. The normalized spacial score (nSPS) is 25.6. The smallest absolute Gasteiger partial charge is 0.220 e. The van der Waals surface area contributed by atoms with Crippen LogP contribution in [0, 0.1) is 5.92 Å². The van der Waals surface area contributed by atoms with Gasteiger partial charge in [0.1, 0.15) is 5.75 Å². The van der Waals surface area contributed by atoms with E-state index in [1.165, 1.54) is 0 Å². The highest BCUT2D eigenvalue weighted by Gasteiger charge is 2.41. The Morgan fingerprint density at radius 3 is 2.91 bits per heavy atom. The summed E-state index contributed by atoms with van der Waals surface area (Å²) < 4.78 is 5.35. The number of carbonyl (C=O) groups excluding carboxylic acids is 1. The number of hydrogen-bond acceptors (Lipinski definition) is 4. The molecular formula is C18H19N3O2. The number of nitrogens with zero attached hydrogens (tertiary/aromatic N) is 1. The first kappa shape index (κ1) is 14.1. The number of ether oxygens (including phenoxy) is 1. The highest BCUT2D eigenvalue weighted by molar-refractivity contribution is 5.78. The number of hydrogen-bond donors (Lipinski definition) is 2. The summed E-state index contributed by atoms with van der Waals surface area (Å²) in [4.78, 5) is 16.2. The van der Waals surface area contributed by atoms with E-state index in [9.17, 15) is 4.79 Å². The first-order chi connectivity index (χ1) is 11.3. The molecule has 2 N–H and O–H groups in total. The van der Waals surface area contributed by atoms with Crippen molar-refractivity contribution in [1.82, 2.24) is 10.3 Å². The molecule has 0 spiro atoms. The summed E-state index contributed by atoms with van der Waals surface area (Å²) in [6, 6.07) is 10.2. The third-order valence-corrected chi connectivity index (χ3v) is 4.83. The van der Waals surface area contributed by atoms with Crippen molar-refractivity contribution in [3.05, 3.63) is 53.9 Å². The third kappa shape index (κ3) is 2.42. The second-order valence-corrected chi connectivity index (χ2v) is 6.11. The lowest BCUT2D eigenvalue weighted by atomic mass is 9.75. The lowest BCUT2D eigenvalue weighted by Gasteiger charge is -2.43. The maximum Gasteiger partial charge on any atom is 0.220 e. The van der Waals surface area contributed by atoms with Gasteiger partial charge in [0.25, 0.3) is 0 Å². The number of aromatic nitrogens is 1. The fourth-order valence-electron chi connectivity index (χ4n) is 3.71. The molecule has 3 atom stereocenters. The minimum absolute atomic E-state index is 0.00723. The molecule has 4 rings (SSSR count). The van der Waals surface area contributed by atoms with Crippen LogP contribution in [0.25, 0.3) is 0 Å². The predicted octanol–water partition coefficient (Wildman–Crippen LogP) is 2.82. The highest BCUT2D eigenvalue weighted by atomic mass is 16.5. The minimum atomic E-state index is 0.00723. The van der Waals surface area contributed by atoms with Gasteiger partial charge >= 0.3 is 0 Å². The Morgan fingerprint density at radius 2 is 2.13 bits per heavy atom. The van der Waals surface area contributed by atoms with Gasteiger partial charge in [0.05, 0.1) is 19.2 Å². The number of rotatable bonds is 2. The maximum absolute atomic E-state index is 12.0. The summed E-state index contributed by atoms with van der Waals surface area (Å²) >= 11 is 0. The van der Waals surface area contributed by atoms with Crippen molar-refractivity contribution in [1.29, 1.82) is 0 Å². The van der Waals surface area contributed by atoms with Crippen molar-refractivity contribution < 1.29 is 9.53 Å². The molecule has 0 radical (unpaired) electrons. The molecule has 5 nitrogen and oxygen atoms in total. The van der Waals surface area contributed by atoms with Crippen LogP contribution in [-0.2, 0) is 4.79 Å². The molecule has 2 aliphatic heterocycles. The number of fused-ring (bicyclic) bond motifs is 3. The lowest BCUT2D eigenvalue weighted by molar-refractivity contribution is -0.124. The first-order valence-corrected chi connectivity index (χ1v) is 7.90. The van der Waals surface area contributed by atoms with E-state index in [2.05, 4.69) is 21.7 Å². The van der Waals surface area contributed by atoms with E-state index in [0.717, 1.165) is 29.0 Å². The first-order valence-electron chi connectivity index (χ1n) is 7.90. The molecule has 3 heterocycles. The van der Waals surface area contributed by atoms with E-state index in [4.69, 9.17) is 4.74 Å². The number of piperidine rings is 1. The van der Waals surface area contributed by atoms with Crippen LogP contribution in [0.5, 0.6) is 5.75 Å². The van der Waals surface area contributed by atoms with Crippen LogP contribution in [0.4, 0.5) is 5.69 Å². The van der Waals surface area contributed by atoms with Crippen LogP contribution in [-0.4, -0.2) is 18.0 Å². The van der Waals surface area contributed by atoms with Gasteiger partial charge < -0.3 is 15.4 Å². The molecule has 2 aromatic rings. The molecule has 2 aliphatic rings. The molecule has 1 aromatic heterocycles. The number of benzene rings is 1. The van der Waals surface area contributed by atoms with Crippen LogP contribution in [0.3, 0.4) is 0 Å². The van der Waals surface area contributed by atoms with Crippen molar-refractivity contribution in [2.75, 3.05) is 12.4 Å². The Bertz CT molecular complexity index is 732. The van der Waals surface area contributed by atoms with Gasteiger partial charge in [-0.2, -0.15) is 0 Å². The molecule has 0 saturated carbocycles. The maximum atomic E-state index is 12.0. The highest BCUT2D eigenvalue weighted by Crippen LogP contribution is 2.47. The summed E-state index contributed by atoms with van der Waals surface area (Å²) in [6.45, 7) is 0. The van der Waals surface area contributed by atoms with Crippen LogP contribution >= 0.6 is 0 Å². The standard InChI is InChI=1S/C18H19N3O2/c1-23-12-4-6-15-14(9-12)18-13(5-7-16(22)21-18)17(20-15)11-3-2-8-19-10-11/h2-4,6,8-10,13,17-18,20H,5,7H2,1H3,(H,21,22)/t13-,17+,18-/m0/s1. The minimum Gasteiger partial charge on any atom is -0.497 e. The van der Waals surface area contributed by atoms with Gasteiger partial charge in [0, 0.05) is 36.0 Å². The van der Waals surface area contributed by atoms with Crippen LogP contribution in [0.2, 0.25) is 0 Å². The van der Waals surface area contributed by atoms with Gasteiger partial charge in [-0.25, -0.2) is 0 Å². The average Bonchev–Trinajstić information content (AvgIpc) is 2.61.